The summed E-state index contributed by atoms with van der Waals surface area (Å²) in [6.45, 7) is 8.73. The molecule has 2 aromatic heterocycles. The largest absolute Gasteiger partial charge is 0.277 e. The predicted molar refractivity (Wildman–Crippen MR) is 252 cm³/mol. The molecule has 12 rings (SSSR count). The molecular weight excluding hydrogens is 729 g/mol. The number of aromatic nitrogens is 4. The summed E-state index contributed by atoms with van der Waals surface area (Å²) in [4.78, 5) is 15.9. The molecule has 0 N–H and O–H groups in total. The first-order valence-corrected chi connectivity index (χ1v) is 20.9. The molecule has 0 unspecified atom stereocenters. The summed E-state index contributed by atoms with van der Waals surface area (Å²) in [6.07, 6.45) is 0. The first-order valence-electron chi connectivity index (χ1n) is 20.9. The van der Waals surface area contributed by atoms with Crippen LogP contribution in [0.2, 0.25) is 0 Å². The Morgan fingerprint density at radius 1 is 0.383 bits per heavy atom. The fourth-order valence-corrected chi connectivity index (χ4v) is 9.57. The molecule has 0 saturated heterocycles. The van der Waals surface area contributed by atoms with Crippen molar-refractivity contribution in [3.8, 4) is 51.0 Å². The van der Waals surface area contributed by atoms with E-state index in [2.05, 4.69) is 182 Å². The number of benzene rings is 9. The first kappa shape index (κ1) is 35.7. The van der Waals surface area contributed by atoms with Crippen LogP contribution in [0.15, 0.2) is 182 Å². The minimum Gasteiger partial charge on any atom is -0.277 e. The molecule has 0 amide bonds. The van der Waals surface area contributed by atoms with Gasteiger partial charge in [-0.3, -0.25) is 4.57 Å². The molecule has 0 fully saturated rings. The van der Waals surface area contributed by atoms with Crippen LogP contribution in [0.3, 0.4) is 0 Å². The van der Waals surface area contributed by atoms with Crippen LogP contribution in [-0.2, 0) is 5.41 Å². The summed E-state index contributed by atoms with van der Waals surface area (Å²) in [7, 11) is 0. The van der Waals surface area contributed by atoms with Crippen molar-refractivity contribution >= 4 is 54.1 Å². The zero-order valence-electron chi connectivity index (χ0n) is 34.1. The Balaban J connectivity index is 0.00000201. The van der Waals surface area contributed by atoms with E-state index in [1.54, 1.807) is 0 Å². The van der Waals surface area contributed by atoms with Crippen LogP contribution in [0, 0.1) is 0 Å². The summed E-state index contributed by atoms with van der Waals surface area (Å²) in [5.41, 5.74) is 11.5. The second kappa shape index (κ2) is 13.9. The molecule has 0 radical (unpaired) electrons. The highest BCUT2D eigenvalue weighted by Gasteiger charge is 2.37. The van der Waals surface area contributed by atoms with Gasteiger partial charge in [0.05, 0.1) is 11.0 Å². The third-order valence-electron chi connectivity index (χ3n) is 12.4. The first-order chi connectivity index (χ1) is 29.5. The summed E-state index contributed by atoms with van der Waals surface area (Å²) in [5.74, 6) is 1.85. The second-order valence-corrected chi connectivity index (χ2v) is 16.0. The monoisotopic (exact) mass is 770 g/mol. The number of fused-ring (bicyclic) bond motifs is 11. The summed E-state index contributed by atoms with van der Waals surface area (Å²) in [6, 6.07) is 65.4. The van der Waals surface area contributed by atoms with Crippen LogP contribution in [0.5, 0.6) is 0 Å². The topological polar surface area (TPSA) is 43.6 Å². The Bertz CT molecular complexity index is 3490. The van der Waals surface area contributed by atoms with E-state index in [-0.39, 0.29) is 5.41 Å². The average Bonchev–Trinajstić information content (AvgIpc) is 3.78. The number of nitrogens with zero attached hydrogens (tertiary/aromatic N) is 4. The van der Waals surface area contributed by atoms with E-state index in [9.17, 15) is 0 Å². The summed E-state index contributed by atoms with van der Waals surface area (Å²) < 4.78 is 2.31. The van der Waals surface area contributed by atoms with Gasteiger partial charge in [0.25, 0.3) is 0 Å². The lowest BCUT2D eigenvalue weighted by Gasteiger charge is -2.22. The third-order valence-corrected chi connectivity index (χ3v) is 12.4. The minimum atomic E-state index is -0.172. The summed E-state index contributed by atoms with van der Waals surface area (Å²) in [5, 5.41) is 9.52. The van der Waals surface area contributed by atoms with Crippen molar-refractivity contribution < 1.29 is 0 Å². The molecule has 0 atom stereocenters. The smallest absolute Gasteiger partial charge is 0.238 e. The molecule has 4 heteroatoms. The lowest BCUT2D eigenvalue weighted by Crippen LogP contribution is -2.15. The number of para-hydroxylation sites is 1. The Hall–Kier alpha value is -7.43. The van der Waals surface area contributed by atoms with E-state index in [1.165, 1.54) is 38.4 Å². The van der Waals surface area contributed by atoms with Crippen LogP contribution >= 0.6 is 0 Å². The quantitative estimate of drug-likeness (QED) is 0.179. The SMILES string of the molecule is CC.CC1(C)c2cc(-c3cccc4c5ccc6ccccc6c5n(-c5nc(-c6ccccc6)nc(-c6ccc7ccccc7c6)n5)c34)ccc2-c2c1ccc1ccccc21. The van der Waals surface area contributed by atoms with Gasteiger partial charge in [-0.05, 0) is 66.9 Å². The Morgan fingerprint density at radius 3 is 1.78 bits per heavy atom. The average molecular weight is 771 g/mol. The molecule has 0 bridgehead atoms. The van der Waals surface area contributed by atoms with E-state index in [1.807, 2.05) is 32.0 Å². The van der Waals surface area contributed by atoms with E-state index in [4.69, 9.17) is 15.0 Å². The van der Waals surface area contributed by atoms with Crippen LogP contribution in [0.4, 0.5) is 0 Å². The lowest BCUT2D eigenvalue weighted by molar-refractivity contribution is 0.661. The lowest BCUT2D eigenvalue weighted by atomic mass is 9.81. The van der Waals surface area contributed by atoms with Crippen molar-refractivity contribution in [3.05, 3.63) is 193 Å². The molecule has 1 aliphatic rings. The number of rotatable bonds is 4. The maximum atomic E-state index is 5.40. The third kappa shape index (κ3) is 5.41. The van der Waals surface area contributed by atoms with Gasteiger partial charge < -0.3 is 0 Å². The standard InChI is InChI=1S/C54H36N4.C2H6/c1-54(2)46-30-27-34-14-8-10-19-40(34)48(46)45-29-26-38(32-47(45)54)42-21-12-22-43-44-28-25-35-15-9-11-20-41(35)49(44)58(50(42)43)53-56-51(36-16-4-3-5-17-36)55-52(57-53)39-24-23-33-13-6-7-18-37(33)31-39;1-2/h3-32H,1-2H3;1-2H3. The zero-order valence-corrected chi connectivity index (χ0v) is 34.1. The van der Waals surface area contributed by atoms with Crippen molar-refractivity contribution in [2.75, 3.05) is 0 Å². The minimum absolute atomic E-state index is 0.172. The number of hydrogen-bond donors (Lipinski definition) is 0. The Kier molecular flexibility index (Phi) is 8.25. The molecule has 286 valence electrons. The van der Waals surface area contributed by atoms with Crippen molar-refractivity contribution in [2.24, 2.45) is 0 Å². The fraction of sp³-hybridized carbons (Fsp3) is 0.0893. The predicted octanol–water partition coefficient (Wildman–Crippen LogP) is 14.8. The molecule has 9 aromatic carbocycles. The van der Waals surface area contributed by atoms with Crippen LogP contribution in [0.1, 0.15) is 38.8 Å². The molecule has 4 nitrogen and oxygen atoms in total. The second-order valence-electron chi connectivity index (χ2n) is 16.0. The van der Waals surface area contributed by atoms with Gasteiger partial charge >= 0.3 is 0 Å². The maximum Gasteiger partial charge on any atom is 0.238 e. The molecule has 0 spiro atoms. The van der Waals surface area contributed by atoms with Crippen LogP contribution in [-0.4, -0.2) is 19.5 Å². The highest BCUT2D eigenvalue weighted by Crippen LogP contribution is 2.52. The molecule has 1 aliphatic carbocycles. The van der Waals surface area contributed by atoms with Gasteiger partial charge in [-0.25, -0.2) is 4.98 Å². The van der Waals surface area contributed by atoms with E-state index in [0.717, 1.165) is 60.2 Å². The Morgan fingerprint density at radius 2 is 0.983 bits per heavy atom. The van der Waals surface area contributed by atoms with E-state index in [0.29, 0.717) is 17.6 Å². The van der Waals surface area contributed by atoms with Gasteiger partial charge in [-0.1, -0.05) is 198 Å². The van der Waals surface area contributed by atoms with Crippen molar-refractivity contribution in [1.29, 1.82) is 0 Å². The van der Waals surface area contributed by atoms with Crippen molar-refractivity contribution in [3.63, 3.8) is 0 Å². The van der Waals surface area contributed by atoms with E-state index >= 15 is 0 Å². The van der Waals surface area contributed by atoms with Crippen LogP contribution in [0.25, 0.3) is 105 Å². The van der Waals surface area contributed by atoms with Gasteiger partial charge in [0, 0.05) is 38.3 Å². The molecule has 0 aliphatic heterocycles. The van der Waals surface area contributed by atoms with E-state index < -0.39 is 0 Å². The van der Waals surface area contributed by atoms with Gasteiger partial charge in [0.1, 0.15) is 0 Å². The fourth-order valence-electron chi connectivity index (χ4n) is 9.57. The van der Waals surface area contributed by atoms with Gasteiger partial charge in [-0.15, -0.1) is 0 Å². The Labute approximate surface area is 349 Å². The molecule has 0 saturated carbocycles. The van der Waals surface area contributed by atoms with Crippen molar-refractivity contribution in [2.45, 2.75) is 33.1 Å². The van der Waals surface area contributed by atoms with Gasteiger partial charge in [0.15, 0.2) is 11.6 Å². The van der Waals surface area contributed by atoms with Gasteiger partial charge in [0.2, 0.25) is 5.95 Å². The molecule has 11 aromatic rings. The maximum absolute atomic E-state index is 5.40. The van der Waals surface area contributed by atoms with Gasteiger partial charge in [-0.2, -0.15) is 9.97 Å². The highest BCUT2D eigenvalue weighted by molar-refractivity contribution is 6.21. The molecule has 2 heterocycles. The molecular formula is C56H42N4. The summed E-state index contributed by atoms with van der Waals surface area (Å²) >= 11 is 0. The molecule has 60 heavy (non-hydrogen) atoms. The number of hydrogen-bond acceptors (Lipinski definition) is 3. The normalized spacial score (nSPS) is 12.8. The highest BCUT2D eigenvalue weighted by atomic mass is 15.2. The van der Waals surface area contributed by atoms with Crippen LogP contribution < -0.4 is 0 Å². The zero-order chi connectivity index (χ0) is 40.5. The van der Waals surface area contributed by atoms with Crippen molar-refractivity contribution in [1.82, 2.24) is 19.5 Å².